The molecule has 98 valence electrons. The number of aryl methyl sites for hydroxylation is 2. The molecular weight excluding hydrogens is 246 g/mol. The van der Waals surface area contributed by atoms with E-state index in [1.165, 1.54) is 6.33 Å². The summed E-state index contributed by atoms with van der Waals surface area (Å²) >= 11 is 0. The fourth-order valence-corrected chi connectivity index (χ4v) is 2.07. The monoisotopic (exact) mass is 259 g/mol. The van der Waals surface area contributed by atoms with E-state index in [1.54, 1.807) is 0 Å². The number of carboxylic acids is 1. The van der Waals surface area contributed by atoms with Crippen molar-refractivity contribution in [2.24, 2.45) is 5.92 Å². The number of carboxylic acid groups (broad SMARTS) is 1. The number of rotatable bonds is 2. The highest BCUT2D eigenvalue weighted by atomic mass is 16.4. The van der Waals surface area contributed by atoms with Crippen molar-refractivity contribution in [3.8, 4) is 0 Å². The third-order valence-corrected chi connectivity index (χ3v) is 3.39. The number of fused-ring (bicyclic) bond motifs is 1. The van der Waals surface area contributed by atoms with Crippen molar-refractivity contribution in [2.75, 3.05) is 18.0 Å². The summed E-state index contributed by atoms with van der Waals surface area (Å²) in [5, 5.41) is 8.90. The van der Waals surface area contributed by atoms with Crippen LogP contribution in [0, 0.1) is 19.8 Å². The largest absolute Gasteiger partial charge is 0.481 e. The zero-order valence-corrected chi connectivity index (χ0v) is 10.7. The Bertz CT molecular complexity index is 666. The first-order valence-corrected chi connectivity index (χ1v) is 6.00. The van der Waals surface area contributed by atoms with E-state index in [4.69, 9.17) is 5.11 Å². The molecule has 0 atom stereocenters. The van der Waals surface area contributed by atoms with Crippen LogP contribution >= 0.6 is 0 Å². The highest BCUT2D eigenvalue weighted by Crippen LogP contribution is 2.27. The maximum absolute atomic E-state index is 10.8. The second kappa shape index (κ2) is 4.11. The number of carbonyl (C=O) groups is 1. The highest BCUT2D eigenvalue weighted by Gasteiger charge is 2.34. The third-order valence-electron chi connectivity index (χ3n) is 3.39. The van der Waals surface area contributed by atoms with Crippen molar-refractivity contribution < 1.29 is 9.90 Å². The number of nitrogens with zero attached hydrogens (tertiary/aromatic N) is 5. The van der Waals surface area contributed by atoms with E-state index in [2.05, 4.69) is 19.9 Å². The Kier molecular flexibility index (Phi) is 2.55. The Balaban J connectivity index is 2.01. The zero-order chi connectivity index (χ0) is 13.6. The molecule has 0 aliphatic carbocycles. The molecule has 2 aromatic heterocycles. The Hall–Kier alpha value is -2.31. The second-order valence-electron chi connectivity index (χ2n) is 4.70. The van der Waals surface area contributed by atoms with Gasteiger partial charge >= 0.3 is 5.97 Å². The van der Waals surface area contributed by atoms with Gasteiger partial charge in [-0.25, -0.2) is 19.9 Å². The number of aliphatic carboxylic acids is 1. The number of aromatic nitrogens is 4. The summed E-state index contributed by atoms with van der Waals surface area (Å²) in [5.74, 6) is -0.435. The van der Waals surface area contributed by atoms with Gasteiger partial charge in [-0.15, -0.1) is 0 Å². The number of hydrogen-bond acceptors (Lipinski definition) is 6. The summed E-state index contributed by atoms with van der Waals surface area (Å²) in [6.45, 7) is 4.68. The van der Waals surface area contributed by atoms with Gasteiger partial charge in [0.25, 0.3) is 0 Å². The van der Waals surface area contributed by atoms with Crippen molar-refractivity contribution in [2.45, 2.75) is 13.8 Å². The van der Waals surface area contributed by atoms with Gasteiger partial charge < -0.3 is 10.0 Å². The lowest BCUT2D eigenvalue weighted by atomic mass is 10.0. The minimum absolute atomic E-state index is 0.329. The molecule has 1 aliphatic heterocycles. The van der Waals surface area contributed by atoms with E-state index in [0.29, 0.717) is 30.1 Å². The Morgan fingerprint density at radius 3 is 2.63 bits per heavy atom. The van der Waals surface area contributed by atoms with Gasteiger partial charge in [-0.05, 0) is 13.8 Å². The molecule has 7 heteroatoms. The molecule has 0 aromatic carbocycles. The third kappa shape index (κ3) is 1.87. The van der Waals surface area contributed by atoms with Crippen molar-refractivity contribution in [1.82, 2.24) is 19.9 Å². The van der Waals surface area contributed by atoms with Gasteiger partial charge in [-0.2, -0.15) is 0 Å². The maximum Gasteiger partial charge on any atom is 0.310 e. The van der Waals surface area contributed by atoms with Crippen LogP contribution < -0.4 is 4.90 Å². The lowest BCUT2D eigenvalue weighted by Crippen LogP contribution is -2.51. The second-order valence-corrected chi connectivity index (χ2v) is 4.70. The first-order chi connectivity index (χ1) is 9.06. The molecule has 0 unspecified atom stereocenters. The van der Waals surface area contributed by atoms with Crippen LogP contribution in [-0.2, 0) is 4.79 Å². The first kappa shape index (κ1) is 11.8. The van der Waals surface area contributed by atoms with Crippen LogP contribution in [0.1, 0.15) is 11.4 Å². The summed E-state index contributed by atoms with van der Waals surface area (Å²) in [6, 6.07) is 0. The van der Waals surface area contributed by atoms with E-state index in [1.807, 2.05) is 18.7 Å². The van der Waals surface area contributed by atoms with E-state index in [9.17, 15) is 4.79 Å². The fraction of sp³-hybridized carbons (Fsp3) is 0.417. The van der Waals surface area contributed by atoms with E-state index >= 15 is 0 Å². The molecule has 0 amide bonds. The van der Waals surface area contributed by atoms with Crippen LogP contribution in [0.5, 0.6) is 0 Å². The quantitative estimate of drug-likeness (QED) is 0.842. The zero-order valence-electron chi connectivity index (χ0n) is 10.7. The summed E-state index contributed by atoms with van der Waals surface area (Å²) in [7, 11) is 0. The van der Waals surface area contributed by atoms with Gasteiger partial charge in [0.2, 0.25) is 0 Å². The minimum Gasteiger partial charge on any atom is -0.481 e. The Morgan fingerprint density at radius 1 is 1.26 bits per heavy atom. The topological polar surface area (TPSA) is 92.1 Å². The van der Waals surface area contributed by atoms with E-state index in [0.717, 1.165) is 11.4 Å². The molecule has 3 heterocycles. The normalized spacial score (nSPS) is 15.6. The summed E-state index contributed by atoms with van der Waals surface area (Å²) in [4.78, 5) is 29.9. The van der Waals surface area contributed by atoms with Crippen LogP contribution in [0.4, 0.5) is 5.82 Å². The predicted molar refractivity (Wildman–Crippen MR) is 67.9 cm³/mol. The van der Waals surface area contributed by atoms with Crippen LogP contribution in [0.2, 0.25) is 0 Å². The van der Waals surface area contributed by atoms with Crippen LogP contribution in [-0.4, -0.2) is 44.1 Å². The predicted octanol–water partition coefficient (Wildman–Crippen LogP) is 0.557. The SMILES string of the molecule is Cc1nc2ncnc(N3CC(C(=O)O)C3)c2nc1C. The average Bonchev–Trinajstić information content (AvgIpc) is 2.29. The molecule has 1 saturated heterocycles. The first-order valence-electron chi connectivity index (χ1n) is 6.00. The lowest BCUT2D eigenvalue weighted by molar-refractivity contribution is -0.142. The van der Waals surface area contributed by atoms with Gasteiger partial charge in [0.05, 0.1) is 17.3 Å². The molecule has 1 fully saturated rings. The van der Waals surface area contributed by atoms with Gasteiger partial charge in [0.1, 0.15) is 6.33 Å². The molecule has 0 bridgehead atoms. The van der Waals surface area contributed by atoms with Gasteiger partial charge in [0, 0.05) is 13.1 Å². The standard InChI is InChI=1S/C12H13N5O2/c1-6-7(2)16-10-9(15-6)11(14-5-13-10)17-3-8(4-17)12(18)19/h5,8H,3-4H2,1-2H3,(H,18,19). The van der Waals surface area contributed by atoms with Gasteiger partial charge in [-0.1, -0.05) is 0 Å². The maximum atomic E-state index is 10.8. The summed E-state index contributed by atoms with van der Waals surface area (Å²) in [6.07, 6.45) is 1.44. The summed E-state index contributed by atoms with van der Waals surface area (Å²) < 4.78 is 0. The molecule has 3 rings (SSSR count). The number of anilines is 1. The molecule has 2 aromatic rings. The molecule has 1 N–H and O–H groups in total. The Morgan fingerprint density at radius 2 is 1.95 bits per heavy atom. The van der Waals surface area contributed by atoms with E-state index in [-0.39, 0.29) is 5.92 Å². The highest BCUT2D eigenvalue weighted by molar-refractivity contribution is 5.84. The van der Waals surface area contributed by atoms with Crippen molar-refractivity contribution >= 4 is 23.0 Å². The molecule has 7 nitrogen and oxygen atoms in total. The van der Waals surface area contributed by atoms with Gasteiger partial charge in [-0.3, -0.25) is 4.79 Å². The van der Waals surface area contributed by atoms with Crippen LogP contribution in [0.25, 0.3) is 11.2 Å². The van der Waals surface area contributed by atoms with Crippen molar-refractivity contribution in [3.05, 3.63) is 17.7 Å². The molecule has 19 heavy (non-hydrogen) atoms. The van der Waals surface area contributed by atoms with Crippen molar-refractivity contribution in [1.29, 1.82) is 0 Å². The summed E-state index contributed by atoms with van der Waals surface area (Å²) in [5.41, 5.74) is 2.85. The van der Waals surface area contributed by atoms with Crippen LogP contribution in [0.3, 0.4) is 0 Å². The molecule has 0 spiro atoms. The van der Waals surface area contributed by atoms with E-state index < -0.39 is 5.97 Å². The van der Waals surface area contributed by atoms with Crippen molar-refractivity contribution in [3.63, 3.8) is 0 Å². The Labute approximate surface area is 109 Å². The molecule has 0 radical (unpaired) electrons. The fourth-order valence-electron chi connectivity index (χ4n) is 2.07. The average molecular weight is 259 g/mol. The minimum atomic E-state index is -0.771. The molecule has 0 saturated carbocycles. The molecule has 1 aliphatic rings. The van der Waals surface area contributed by atoms with Crippen LogP contribution in [0.15, 0.2) is 6.33 Å². The smallest absolute Gasteiger partial charge is 0.310 e. The number of hydrogen-bond donors (Lipinski definition) is 1. The molecular formula is C12H13N5O2. The van der Waals surface area contributed by atoms with Gasteiger partial charge in [0.15, 0.2) is 17.0 Å². The lowest BCUT2D eigenvalue weighted by Gasteiger charge is -2.37.